The van der Waals surface area contributed by atoms with Crippen LogP contribution in [0, 0.1) is 0 Å². The normalized spacial score (nSPS) is 15.0. The molecular weight excluding hydrogens is 402 g/mol. The van der Waals surface area contributed by atoms with E-state index in [1.54, 1.807) is 11.8 Å². The number of fused-ring (bicyclic) bond motifs is 3. The Morgan fingerprint density at radius 2 is 1.65 bits per heavy atom. The summed E-state index contributed by atoms with van der Waals surface area (Å²) < 4.78 is 2.21. The lowest BCUT2D eigenvalue weighted by molar-refractivity contribution is 0.194. The van der Waals surface area contributed by atoms with Gasteiger partial charge in [-0.1, -0.05) is 48.5 Å². The van der Waals surface area contributed by atoms with Crippen LogP contribution in [0.25, 0.3) is 5.69 Å². The lowest BCUT2D eigenvalue weighted by Crippen LogP contribution is -2.37. The van der Waals surface area contributed by atoms with Gasteiger partial charge in [0.05, 0.1) is 18.3 Å². The van der Waals surface area contributed by atoms with Gasteiger partial charge in [-0.15, -0.1) is 11.8 Å². The number of amides is 2. The fourth-order valence-electron chi connectivity index (χ4n) is 4.19. The Morgan fingerprint density at radius 3 is 2.42 bits per heavy atom. The SMILES string of the molecule is CSc1ccc([C@H]2c3cccn3-c3ccccc3CN2C(=O)Nc2ccccc2)cc1. The molecule has 1 N–H and O–H groups in total. The highest BCUT2D eigenvalue weighted by molar-refractivity contribution is 7.98. The molecule has 0 spiro atoms. The van der Waals surface area contributed by atoms with Crippen molar-refractivity contribution in [1.82, 2.24) is 9.47 Å². The van der Waals surface area contributed by atoms with Crippen molar-refractivity contribution in [1.29, 1.82) is 0 Å². The smallest absolute Gasteiger partial charge is 0.318 e. The van der Waals surface area contributed by atoms with Crippen molar-refractivity contribution in [2.45, 2.75) is 17.5 Å². The molecule has 5 heteroatoms. The van der Waals surface area contributed by atoms with Crippen molar-refractivity contribution < 1.29 is 4.79 Å². The van der Waals surface area contributed by atoms with E-state index in [1.165, 1.54) is 4.90 Å². The maximum absolute atomic E-state index is 13.6. The van der Waals surface area contributed by atoms with Crippen LogP contribution >= 0.6 is 11.8 Å². The second-order valence-corrected chi connectivity index (χ2v) is 8.41. The minimum absolute atomic E-state index is 0.116. The molecule has 5 rings (SSSR count). The number of thioether (sulfide) groups is 1. The van der Waals surface area contributed by atoms with Crippen molar-refractivity contribution in [3.8, 4) is 5.69 Å². The molecule has 0 radical (unpaired) electrons. The highest BCUT2D eigenvalue weighted by Crippen LogP contribution is 2.37. The number of anilines is 1. The Bertz CT molecular complexity index is 1200. The summed E-state index contributed by atoms with van der Waals surface area (Å²) in [4.78, 5) is 16.7. The predicted octanol–water partition coefficient (Wildman–Crippen LogP) is 6.34. The quantitative estimate of drug-likeness (QED) is 0.389. The Balaban J connectivity index is 1.63. The summed E-state index contributed by atoms with van der Waals surface area (Å²) in [5, 5.41) is 3.09. The minimum atomic E-state index is -0.206. The van der Waals surface area contributed by atoms with Gasteiger partial charge in [-0.3, -0.25) is 0 Å². The third-order valence-electron chi connectivity index (χ3n) is 5.68. The highest BCUT2D eigenvalue weighted by Gasteiger charge is 2.32. The largest absolute Gasteiger partial charge is 0.322 e. The molecule has 31 heavy (non-hydrogen) atoms. The summed E-state index contributed by atoms with van der Waals surface area (Å²) in [6.45, 7) is 0.519. The summed E-state index contributed by atoms with van der Waals surface area (Å²) in [6, 6.07) is 30.3. The number of hydrogen-bond donors (Lipinski definition) is 1. The molecule has 0 aliphatic carbocycles. The van der Waals surface area contributed by atoms with Gasteiger partial charge in [-0.2, -0.15) is 0 Å². The number of carbonyl (C=O) groups is 1. The standard InChI is InChI=1S/C26H23N3OS/c1-31-22-15-13-19(14-16-22)25-24-12-7-17-28(24)23-11-6-5-8-20(23)18-29(25)26(30)27-21-9-3-2-4-10-21/h2-17,25H,18H2,1H3,(H,27,30)/t25-/m0/s1. The molecule has 2 amide bonds. The molecule has 4 aromatic rings. The number of rotatable bonds is 3. The van der Waals surface area contributed by atoms with E-state index in [1.807, 2.05) is 53.4 Å². The maximum Gasteiger partial charge on any atom is 0.322 e. The monoisotopic (exact) mass is 425 g/mol. The maximum atomic E-state index is 13.6. The first kappa shape index (κ1) is 19.5. The van der Waals surface area contributed by atoms with Crippen molar-refractivity contribution in [2.24, 2.45) is 0 Å². The van der Waals surface area contributed by atoms with E-state index in [0.29, 0.717) is 6.54 Å². The summed E-state index contributed by atoms with van der Waals surface area (Å²) in [5.74, 6) is 0. The van der Waals surface area contributed by atoms with Gasteiger partial charge in [0.25, 0.3) is 0 Å². The zero-order valence-electron chi connectivity index (χ0n) is 17.2. The molecule has 0 saturated carbocycles. The van der Waals surface area contributed by atoms with Gasteiger partial charge in [-0.25, -0.2) is 4.79 Å². The van der Waals surface area contributed by atoms with Crippen molar-refractivity contribution in [3.05, 3.63) is 114 Å². The summed E-state index contributed by atoms with van der Waals surface area (Å²) in [7, 11) is 0. The third kappa shape index (κ3) is 3.73. The molecule has 0 unspecified atom stereocenters. The Hall–Kier alpha value is -3.44. The van der Waals surface area contributed by atoms with Crippen molar-refractivity contribution in [2.75, 3.05) is 11.6 Å². The molecule has 4 nitrogen and oxygen atoms in total. The Labute approximate surface area is 186 Å². The Kier molecular flexibility index (Phi) is 5.26. The van der Waals surface area contributed by atoms with E-state index in [9.17, 15) is 4.79 Å². The molecule has 2 heterocycles. The van der Waals surface area contributed by atoms with Crippen LogP contribution in [-0.2, 0) is 6.54 Å². The van der Waals surface area contributed by atoms with E-state index in [-0.39, 0.29) is 12.1 Å². The van der Waals surface area contributed by atoms with Gasteiger partial charge in [0, 0.05) is 22.5 Å². The second kappa shape index (κ2) is 8.36. The van der Waals surface area contributed by atoms with Crippen LogP contribution in [0.1, 0.15) is 22.9 Å². The number of benzene rings is 3. The van der Waals surface area contributed by atoms with Crippen LogP contribution in [0.4, 0.5) is 10.5 Å². The lowest BCUT2D eigenvalue weighted by atomic mass is 10.0. The molecule has 0 saturated heterocycles. The average Bonchev–Trinajstić information content (AvgIpc) is 3.24. The van der Waals surface area contributed by atoms with E-state index in [2.05, 4.69) is 64.8 Å². The number of nitrogens with zero attached hydrogens (tertiary/aromatic N) is 2. The van der Waals surface area contributed by atoms with Gasteiger partial charge >= 0.3 is 6.03 Å². The van der Waals surface area contributed by atoms with E-state index >= 15 is 0 Å². The number of hydrogen-bond acceptors (Lipinski definition) is 2. The van der Waals surface area contributed by atoms with Gasteiger partial charge in [0.1, 0.15) is 0 Å². The van der Waals surface area contributed by atoms with E-state index < -0.39 is 0 Å². The van der Waals surface area contributed by atoms with Gasteiger partial charge in [-0.05, 0) is 59.8 Å². The second-order valence-electron chi connectivity index (χ2n) is 7.53. The molecule has 1 atom stereocenters. The van der Waals surface area contributed by atoms with Crippen LogP contribution in [0.3, 0.4) is 0 Å². The average molecular weight is 426 g/mol. The van der Waals surface area contributed by atoms with E-state index in [4.69, 9.17) is 0 Å². The number of para-hydroxylation sites is 2. The third-order valence-corrected chi connectivity index (χ3v) is 6.42. The summed E-state index contributed by atoms with van der Waals surface area (Å²) in [5.41, 5.74) is 5.19. The predicted molar refractivity (Wildman–Crippen MR) is 127 cm³/mol. The van der Waals surface area contributed by atoms with Crippen LogP contribution in [0.5, 0.6) is 0 Å². The molecular formula is C26H23N3OS. The summed E-state index contributed by atoms with van der Waals surface area (Å²) >= 11 is 1.72. The molecule has 1 aromatic heterocycles. The van der Waals surface area contributed by atoms with Crippen molar-refractivity contribution in [3.63, 3.8) is 0 Å². The van der Waals surface area contributed by atoms with Gasteiger partial charge < -0.3 is 14.8 Å². The number of nitrogens with one attached hydrogen (secondary N) is 1. The topological polar surface area (TPSA) is 37.3 Å². The lowest BCUT2D eigenvalue weighted by Gasteiger charge is -2.31. The zero-order valence-corrected chi connectivity index (χ0v) is 18.0. The first-order chi connectivity index (χ1) is 15.2. The highest BCUT2D eigenvalue weighted by atomic mass is 32.2. The molecule has 1 aliphatic heterocycles. The molecule has 0 fully saturated rings. The molecule has 154 valence electrons. The Morgan fingerprint density at radius 1 is 0.903 bits per heavy atom. The van der Waals surface area contributed by atoms with Gasteiger partial charge in [0.2, 0.25) is 0 Å². The number of aromatic nitrogens is 1. The number of urea groups is 1. The van der Waals surface area contributed by atoms with Crippen LogP contribution in [0.15, 0.2) is 102 Å². The first-order valence-corrected chi connectivity index (χ1v) is 11.5. The minimum Gasteiger partial charge on any atom is -0.318 e. The molecule has 0 bridgehead atoms. The van der Waals surface area contributed by atoms with Crippen molar-refractivity contribution >= 4 is 23.5 Å². The van der Waals surface area contributed by atoms with Crippen LogP contribution < -0.4 is 5.32 Å². The zero-order chi connectivity index (χ0) is 21.2. The molecule has 3 aromatic carbocycles. The molecule has 1 aliphatic rings. The summed E-state index contributed by atoms with van der Waals surface area (Å²) in [6.07, 6.45) is 4.15. The number of carbonyl (C=O) groups excluding carboxylic acids is 1. The van der Waals surface area contributed by atoms with E-state index in [0.717, 1.165) is 28.2 Å². The van der Waals surface area contributed by atoms with Gasteiger partial charge in [0.15, 0.2) is 0 Å². The fourth-order valence-corrected chi connectivity index (χ4v) is 4.60. The first-order valence-electron chi connectivity index (χ1n) is 10.3. The fraction of sp³-hybridized carbons (Fsp3) is 0.115. The van der Waals surface area contributed by atoms with Crippen LogP contribution in [-0.4, -0.2) is 21.8 Å². The van der Waals surface area contributed by atoms with Crippen LogP contribution in [0.2, 0.25) is 0 Å².